The third-order valence-corrected chi connectivity index (χ3v) is 9.32. The first-order chi connectivity index (χ1) is 18.2. The van der Waals surface area contributed by atoms with Gasteiger partial charge in [-0.25, -0.2) is 4.79 Å². The molecule has 2 amide bonds. The zero-order valence-corrected chi connectivity index (χ0v) is 23.2. The molecule has 3 aliphatic rings. The Morgan fingerprint density at radius 1 is 1.03 bits per heavy atom. The van der Waals surface area contributed by atoms with Crippen LogP contribution < -0.4 is 10.1 Å². The second kappa shape index (κ2) is 10.5. The van der Waals surface area contributed by atoms with Crippen molar-refractivity contribution in [1.29, 1.82) is 0 Å². The maximum absolute atomic E-state index is 14.5. The SMILES string of the molecule is CN(C(=O)Oc1ccccc1)[C@@]1(C(=O)C2CCN(C(=O)C3(C)CC3)CC2)CNC[C@@H]1c1ccc(Cl)c(Cl)c1. The van der Waals surface area contributed by atoms with E-state index in [4.69, 9.17) is 27.9 Å². The fourth-order valence-corrected chi connectivity index (χ4v) is 6.21. The number of hydrogen-bond acceptors (Lipinski definition) is 5. The second-order valence-corrected chi connectivity index (χ2v) is 11.8. The van der Waals surface area contributed by atoms with Gasteiger partial charge in [-0.3, -0.25) is 14.5 Å². The number of likely N-dealkylation sites (N-methyl/N-ethyl adjacent to an activating group) is 1. The highest BCUT2D eigenvalue weighted by Gasteiger charge is 2.57. The van der Waals surface area contributed by atoms with Gasteiger partial charge >= 0.3 is 6.09 Å². The molecule has 2 aliphatic heterocycles. The number of benzene rings is 2. The smallest absolute Gasteiger partial charge is 0.410 e. The summed E-state index contributed by atoms with van der Waals surface area (Å²) in [5, 5.41) is 4.18. The molecule has 3 fully saturated rings. The monoisotopic (exact) mass is 557 g/mol. The quantitative estimate of drug-likeness (QED) is 0.530. The lowest BCUT2D eigenvalue weighted by Crippen LogP contribution is -2.62. The molecule has 1 saturated carbocycles. The predicted octanol–water partition coefficient (Wildman–Crippen LogP) is 5.16. The minimum atomic E-state index is -1.19. The molecule has 9 heteroatoms. The lowest BCUT2D eigenvalue weighted by molar-refractivity contribution is -0.142. The molecule has 1 aliphatic carbocycles. The van der Waals surface area contributed by atoms with Gasteiger partial charge in [0, 0.05) is 50.5 Å². The van der Waals surface area contributed by atoms with Gasteiger partial charge in [0.25, 0.3) is 0 Å². The highest BCUT2D eigenvalue weighted by molar-refractivity contribution is 6.42. The zero-order valence-electron chi connectivity index (χ0n) is 21.7. The van der Waals surface area contributed by atoms with Crippen molar-refractivity contribution in [3.63, 3.8) is 0 Å². The lowest BCUT2D eigenvalue weighted by atomic mass is 9.72. The van der Waals surface area contributed by atoms with Crippen LogP contribution in [-0.4, -0.2) is 66.3 Å². The van der Waals surface area contributed by atoms with Gasteiger partial charge in [0.2, 0.25) is 5.91 Å². The molecule has 2 saturated heterocycles. The van der Waals surface area contributed by atoms with Gasteiger partial charge in [-0.2, -0.15) is 0 Å². The first kappa shape index (κ1) is 27.0. The summed E-state index contributed by atoms with van der Waals surface area (Å²) in [6.45, 7) is 3.88. The molecule has 38 heavy (non-hydrogen) atoms. The average molecular weight is 559 g/mol. The van der Waals surface area contributed by atoms with Crippen LogP contribution >= 0.6 is 23.2 Å². The molecule has 0 unspecified atom stereocenters. The predicted molar refractivity (Wildman–Crippen MR) is 147 cm³/mol. The van der Waals surface area contributed by atoms with E-state index in [0.717, 1.165) is 18.4 Å². The number of para-hydroxylation sites is 1. The molecule has 0 radical (unpaired) electrons. The van der Waals surface area contributed by atoms with Gasteiger partial charge in [0.05, 0.1) is 10.0 Å². The second-order valence-electron chi connectivity index (χ2n) is 11.0. The third-order valence-electron chi connectivity index (χ3n) is 8.58. The molecule has 1 N–H and O–H groups in total. The first-order valence-electron chi connectivity index (χ1n) is 13.2. The molecule has 0 aromatic heterocycles. The number of nitrogens with one attached hydrogen (secondary N) is 1. The van der Waals surface area contributed by atoms with Crippen LogP contribution in [0.3, 0.4) is 0 Å². The number of ether oxygens (including phenoxy) is 1. The van der Waals surface area contributed by atoms with Crippen molar-refractivity contribution in [2.75, 3.05) is 33.2 Å². The van der Waals surface area contributed by atoms with Crippen LogP contribution in [0, 0.1) is 11.3 Å². The van der Waals surface area contributed by atoms with Crippen LogP contribution in [0.2, 0.25) is 10.0 Å². The number of piperidine rings is 1. The Balaban J connectivity index is 1.44. The van der Waals surface area contributed by atoms with E-state index in [1.807, 2.05) is 24.0 Å². The normalized spacial score (nSPS) is 24.6. The number of amides is 2. The molecule has 0 spiro atoms. The summed E-state index contributed by atoms with van der Waals surface area (Å²) in [6.07, 6.45) is 2.39. The zero-order chi connectivity index (χ0) is 27.1. The van der Waals surface area contributed by atoms with Crippen molar-refractivity contribution in [3.05, 3.63) is 64.1 Å². The standard InChI is InChI=1S/C29H33Cl2N3O4/c1-28(12-13-28)26(36)34-14-10-19(11-15-34)25(35)29(33(2)27(37)38-21-6-4-3-5-7-21)18-32-17-22(29)20-8-9-23(30)24(31)16-20/h3-9,16,19,22,32H,10-15,17-18H2,1-2H3/t22-,29+/m1/s1. The number of rotatable bonds is 6. The molecule has 0 bridgehead atoms. The topological polar surface area (TPSA) is 79.0 Å². The van der Waals surface area contributed by atoms with Gasteiger partial charge in [0.1, 0.15) is 11.3 Å². The van der Waals surface area contributed by atoms with Crippen LogP contribution in [0.25, 0.3) is 0 Å². The van der Waals surface area contributed by atoms with E-state index in [1.54, 1.807) is 43.4 Å². The Morgan fingerprint density at radius 2 is 1.71 bits per heavy atom. The maximum Gasteiger partial charge on any atom is 0.415 e. The number of likely N-dealkylation sites (tertiary alicyclic amines) is 1. The summed E-state index contributed by atoms with van der Waals surface area (Å²) >= 11 is 12.6. The van der Waals surface area contributed by atoms with E-state index in [0.29, 0.717) is 48.3 Å². The van der Waals surface area contributed by atoms with Crippen LogP contribution in [0.5, 0.6) is 5.75 Å². The first-order valence-corrected chi connectivity index (χ1v) is 13.9. The van der Waals surface area contributed by atoms with E-state index >= 15 is 0 Å². The minimum absolute atomic E-state index is 0.0178. The molecule has 2 heterocycles. The van der Waals surface area contributed by atoms with Crippen LogP contribution in [0.4, 0.5) is 4.79 Å². The van der Waals surface area contributed by atoms with E-state index in [2.05, 4.69) is 5.32 Å². The highest BCUT2D eigenvalue weighted by atomic mass is 35.5. The van der Waals surface area contributed by atoms with Crippen molar-refractivity contribution in [2.24, 2.45) is 11.3 Å². The van der Waals surface area contributed by atoms with E-state index in [-0.39, 0.29) is 35.5 Å². The van der Waals surface area contributed by atoms with Crippen molar-refractivity contribution in [2.45, 2.75) is 44.1 Å². The molecule has 2 aromatic rings. The Morgan fingerprint density at radius 3 is 2.34 bits per heavy atom. The number of carbonyl (C=O) groups is 3. The van der Waals surface area contributed by atoms with E-state index in [1.165, 1.54) is 4.90 Å². The summed E-state index contributed by atoms with van der Waals surface area (Å²) in [4.78, 5) is 44.2. The number of hydrogen-bond donors (Lipinski definition) is 1. The summed E-state index contributed by atoms with van der Waals surface area (Å²) < 4.78 is 5.68. The van der Waals surface area contributed by atoms with Crippen molar-refractivity contribution >= 4 is 41.0 Å². The molecule has 2 aromatic carbocycles. The molecule has 202 valence electrons. The van der Waals surface area contributed by atoms with Gasteiger partial charge in [-0.15, -0.1) is 0 Å². The summed E-state index contributed by atoms with van der Waals surface area (Å²) in [5.74, 6) is -0.0654. The van der Waals surface area contributed by atoms with Crippen LogP contribution in [0.1, 0.15) is 44.1 Å². The van der Waals surface area contributed by atoms with E-state index < -0.39 is 11.6 Å². The summed E-state index contributed by atoms with van der Waals surface area (Å²) in [6, 6.07) is 14.2. The Bertz CT molecular complexity index is 1230. The number of Topliss-reactive ketones (excluding diaryl/α,β-unsaturated/α-hetero) is 1. The van der Waals surface area contributed by atoms with Gasteiger partial charge < -0.3 is 15.0 Å². The Labute approximate surface area is 233 Å². The molecular formula is C29H33Cl2N3O4. The number of halogens is 2. The molecule has 5 rings (SSSR count). The summed E-state index contributed by atoms with van der Waals surface area (Å²) in [7, 11) is 1.63. The maximum atomic E-state index is 14.5. The molecular weight excluding hydrogens is 525 g/mol. The van der Waals surface area contributed by atoms with Gasteiger partial charge in [-0.05, 0) is 55.5 Å². The lowest BCUT2D eigenvalue weighted by Gasteiger charge is -2.44. The van der Waals surface area contributed by atoms with Gasteiger partial charge in [-0.1, -0.05) is 54.4 Å². The minimum Gasteiger partial charge on any atom is -0.410 e. The number of ketones is 1. The van der Waals surface area contributed by atoms with Crippen molar-refractivity contribution < 1.29 is 19.1 Å². The number of carbonyl (C=O) groups excluding carboxylic acids is 3. The number of nitrogens with zero attached hydrogens (tertiary/aromatic N) is 2. The largest absolute Gasteiger partial charge is 0.415 e. The van der Waals surface area contributed by atoms with Crippen LogP contribution in [0.15, 0.2) is 48.5 Å². The Hall–Kier alpha value is -2.61. The van der Waals surface area contributed by atoms with Crippen molar-refractivity contribution in [1.82, 2.24) is 15.1 Å². The van der Waals surface area contributed by atoms with E-state index in [9.17, 15) is 14.4 Å². The van der Waals surface area contributed by atoms with Crippen molar-refractivity contribution in [3.8, 4) is 5.75 Å². The van der Waals surface area contributed by atoms with Gasteiger partial charge in [0.15, 0.2) is 5.78 Å². The fraction of sp³-hybridized carbons (Fsp3) is 0.483. The fourth-order valence-electron chi connectivity index (χ4n) is 5.90. The average Bonchev–Trinajstić information content (AvgIpc) is 3.53. The molecule has 2 atom stereocenters. The molecule has 7 nitrogen and oxygen atoms in total. The third kappa shape index (κ3) is 4.92. The summed E-state index contributed by atoms with van der Waals surface area (Å²) in [5.41, 5.74) is -0.595. The van der Waals surface area contributed by atoms with Crippen LogP contribution in [-0.2, 0) is 9.59 Å². The highest BCUT2D eigenvalue weighted by Crippen LogP contribution is 2.47. The Kier molecular flexibility index (Phi) is 7.46.